The number of amides is 2. The Bertz CT molecular complexity index is 1710. The van der Waals surface area contributed by atoms with E-state index in [0.717, 1.165) is 41.2 Å². The molecule has 0 radical (unpaired) electrons. The molecule has 12 heteroatoms. The van der Waals surface area contributed by atoms with Gasteiger partial charge in [0.15, 0.2) is 17.5 Å². The van der Waals surface area contributed by atoms with Crippen molar-refractivity contribution < 1.29 is 37.5 Å². The van der Waals surface area contributed by atoms with E-state index < -0.39 is 34.9 Å². The molecule has 2 fully saturated rings. The van der Waals surface area contributed by atoms with Gasteiger partial charge in [0.2, 0.25) is 12.7 Å². The van der Waals surface area contributed by atoms with Crippen molar-refractivity contribution in [3.05, 3.63) is 108 Å². The number of ether oxygens (including phenoxy) is 4. The number of fused-ring (bicyclic) bond motifs is 2. The Kier molecular flexibility index (Phi) is 15.2. The van der Waals surface area contributed by atoms with Crippen molar-refractivity contribution in [2.75, 3.05) is 18.3 Å². The van der Waals surface area contributed by atoms with Crippen molar-refractivity contribution in [2.24, 2.45) is 0 Å². The fourth-order valence-corrected chi connectivity index (χ4v) is 8.81. The van der Waals surface area contributed by atoms with Gasteiger partial charge in [-0.1, -0.05) is 119 Å². The van der Waals surface area contributed by atoms with E-state index in [1.54, 1.807) is 0 Å². The van der Waals surface area contributed by atoms with Gasteiger partial charge in [0, 0.05) is 27.6 Å². The zero-order valence-corrected chi connectivity index (χ0v) is 32.2. The van der Waals surface area contributed by atoms with Crippen LogP contribution in [0.4, 0.5) is 4.79 Å². The number of benzene rings is 3. The number of rotatable bonds is 16. The van der Waals surface area contributed by atoms with Crippen molar-refractivity contribution in [3.8, 4) is 11.5 Å². The summed E-state index contributed by atoms with van der Waals surface area (Å²) in [7, 11) is -0.743. The van der Waals surface area contributed by atoms with Gasteiger partial charge < -0.3 is 29.2 Å². The highest BCUT2D eigenvalue weighted by Gasteiger charge is 2.56. The van der Waals surface area contributed by atoms with Gasteiger partial charge in [0.25, 0.3) is 0 Å². The van der Waals surface area contributed by atoms with Gasteiger partial charge in [-0.15, -0.1) is 11.8 Å². The second-order valence-electron chi connectivity index (χ2n) is 13.3. The molecule has 0 aromatic heterocycles. The average Bonchev–Trinajstić information content (AvgIpc) is 3.65. The molecule has 3 aromatic carbocycles. The van der Waals surface area contributed by atoms with Crippen LogP contribution in [0.25, 0.3) is 0 Å². The number of nitrogens with zero attached hydrogens (tertiary/aromatic N) is 1. The average molecular weight is 763 g/mol. The molecule has 4 unspecified atom stereocenters. The summed E-state index contributed by atoms with van der Waals surface area (Å²) in [4.78, 5) is 39.0. The molecule has 6 rings (SSSR count). The predicted molar refractivity (Wildman–Crippen MR) is 208 cm³/mol. The number of nitrogens with one attached hydrogen (secondary N) is 1. The van der Waals surface area contributed by atoms with E-state index in [1.165, 1.54) is 54.3 Å². The quantitative estimate of drug-likeness (QED) is 0.0693. The van der Waals surface area contributed by atoms with Crippen LogP contribution < -0.4 is 14.8 Å². The Morgan fingerprint density at radius 2 is 1.55 bits per heavy atom. The Morgan fingerprint density at radius 1 is 0.906 bits per heavy atom. The fourth-order valence-electron chi connectivity index (χ4n) is 6.24. The van der Waals surface area contributed by atoms with Crippen LogP contribution in [-0.2, 0) is 49.5 Å². The Hall–Kier alpha value is -4.29. The maximum Gasteiger partial charge on any atom is 0.408 e. The van der Waals surface area contributed by atoms with Crippen LogP contribution in [-0.4, -0.2) is 68.1 Å². The molecule has 0 spiro atoms. The summed E-state index contributed by atoms with van der Waals surface area (Å²) in [6, 6.07) is 23.0. The van der Waals surface area contributed by atoms with Crippen molar-refractivity contribution in [3.63, 3.8) is 0 Å². The lowest BCUT2D eigenvalue weighted by Gasteiger charge is -2.52. The molecule has 2 saturated heterocycles. The summed E-state index contributed by atoms with van der Waals surface area (Å²) < 4.78 is 33.7. The van der Waals surface area contributed by atoms with Gasteiger partial charge in [0.05, 0.1) is 0 Å². The molecule has 0 saturated carbocycles. The van der Waals surface area contributed by atoms with Crippen LogP contribution in [0.1, 0.15) is 69.1 Å². The van der Waals surface area contributed by atoms with E-state index in [4.69, 9.17) is 18.9 Å². The number of alkyl carbamates (subject to hydrolysis) is 1. The van der Waals surface area contributed by atoms with Crippen LogP contribution in [0.2, 0.25) is 0 Å². The SMILES string of the molecule is C=C1CS[C@@H]2C(NC(=O)OCc3ccccc3)C(=O)N2C1C(=O)OCc1ccccc1.CCCCCCCCS(=O)C(C)Cc1ccc2c(c1)OCO2. The maximum absolute atomic E-state index is 12.7. The van der Waals surface area contributed by atoms with Crippen LogP contribution in [0.15, 0.2) is 91.0 Å². The Labute approximate surface area is 319 Å². The first-order chi connectivity index (χ1) is 25.7. The highest BCUT2D eigenvalue weighted by molar-refractivity contribution is 8.00. The standard InChI is InChI=1S/C23H22N2O5S.C18H28O3S/c1-15-14-31-21-18(24-23(28)30-13-17-10-6-3-7-11-17)20(26)25(21)19(15)22(27)29-12-16-8-4-2-5-9-16;1-3-4-5-6-7-8-11-22(19)15(2)12-16-9-10-17-18(13-16)21-14-20-17/h2-11,18-19,21H,1,12-14H2,(H,24,28);9-10,13,15H,3-8,11-12,14H2,1-2H3/t18?,19?,21-;/m1./s1. The van der Waals surface area contributed by atoms with Crippen LogP contribution in [0.3, 0.4) is 0 Å². The monoisotopic (exact) mass is 762 g/mol. The van der Waals surface area contributed by atoms with Gasteiger partial charge >= 0.3 is 12.1 Å². The number of carbonyl (C=O) groups excluding carboxylic acids is 3. The van der Waals surface area contributed by atoms with Crippen LogP contribution in [0.5, 0.6) is 11.5 Å². The number of carbonyl (C=O) groups is 3. The molecule has 53 heavy (non-hydrogen) atoms. The number of hydrogen-bond donors (Lipinski definition) is 1. The second kappa shape index (κ2) is 20.2. The summed E-state index contributed by atoms with van der Waals surface area (Å²) >= 11 is 1.45. The third-order valence-corrected chi connectivity index (χ3v) is 12.4. The minimum atomic E-state index is -0.846. The lowest BCUT2D eigenvalue weighted by atomic mass is 9.99. The number of thioether (sulfide) groups is 1. The molecule has 2 amide bonds. The topological polar surface area (TPSA) is 120 Å². The third kappa shape index (κ3) is 11.4. The van der Waals surface area contributed by atoms with Crippen LogP contribution in [0, 0.1) is 0 Å². The van der Waals surface area contributed by atoms with E-state index in [0.29, 0.717) is 18.1 Å². The highest BCUT2D eigenvalue weighted by Crippen LogP contribution is 2.40. The zero-order chi connectivity index (χ0) is 37.6. The minimum Gasteiger partial charge on any atom is -0.459 e. The van der Waals surface area contributed by atoms with Gasteiger partial charge in [-0.05, 0) is 47.2 Å². The molecule has 284 valence electrons. The van der Waals surface area contributed by atoms with Gasteiger partial charge in [-0.25, -0.2) is 9.59 Å². The lowest BCUT2D eigenvalue weighted by molar-refractivity contribution is -0.163. The summed E-state index contributed by atoms with van der Waals surface area (Å²) in [5.41, 5.74) is 3.49. The summed E-state index contributed by atoms with van der Waals surface area (Å²) in [6.07, 6.45) is 7.65. The summed E-state index contributed by atoms with van der Waals surface area (Å²) in [5, 5.41) is 2.44. The van der Waals surface area contributed by atoms with E-state index >= 15 is 0 Å². The molecule has 3 aromatic rings. The highest BCUT2D eigenvalue weighted by atomic mass is 32.2. The molecule has 3 aliphatic heterocycles. The molecule has 0 bridgehead atoms. The van der Waals surface area contributed by atoms with Gasteiger partial charge in [-0.2, -0.15) is 0 Å². The van der Waals surface area contributed by atoms with Crippen molar-refractivity contribution >= 4 is 40.5 Å². The molecular formula is C41H50N2O8S2. The molecule has 3 aliphatic rings. The normalized spacial score (nSPS) is 19.5. The smallest absolute Gasteiger partial charge is 0.408 e. The van der Waals surface area contributed by atoms with Gasteiger partial charge in [0.1, 0.15) is 24.6 Å². The van der Waals surface area contributed by atoms with E-state index in [1.807, 2.05) is 78.9 Å². The molecular weight excluding hydrogens is 713 g/mol. The maximum atomic E-state index is 12.7. The number of hydrogen-bond acceptors (Lipinski definition) is 9. The fraction of sp³-hybridized carbons (Fsp3) is 0.439. The first-order valence-electron chi connectivity index (χ1n) is 18.3. The summed E-state index contributed by atoms with van der Waals surface area (Å²) in [6.45, 7) is 8.79. The predicted octanol–water partition coefficient (Wildman–Crippen LogP) is 7.32. The van der Waals surface area contributed by atoms with Crippen molar-refractivity contribution in [1.29, 1.82) is 0 Å². The molecule has 10 nitrogen and oxygen atoms in total. The van der Waals surface area contributed by atoms with E-state index in [2.05, 4.69) is 25.7 Å². The number of esters is 1. The molecule has 5 atom stereocenters. The first-order valence-corrected chi connectivity index (χ1v) is 20.7. The molecule has 3 heterocycles. The van der Waals surface area contributed by atoms with Gasteiger partial charge in [-0.3, -0.25) is 9.00 Å². The lowest BCUT2D eigenvalue weighted by Crippen LogP contribution is -2.74. The van der Waals surface area contributed by atoms with Crippen LogP contribution >= 0.6 is 11.8 Å². The second-order valence-corrected chi connectivity index (χ2v) is 16.4. The molecule has 1 N–H and O–H groups in total. The van der Waals surface area contributed by atoms with E-state index in [-0.39, 0.29) is 29.7 Å². The largest absolute Gasteiger partial charge is 0.459 e. The van der Waals surface area contributed by atoms with Crippen molar-refractivity contribution in [1.82, 2.24) is 10.2 Å². The summed E-state index contributed by atoms with van der Waals surface area (Å²) in [5.74, 6) is 2.08. The Balaban J connectivity index is 0.000000217. The number of β-lactam (4-membered cyclic amide) rings is 1. The number of unbranched alkanes of at least 4 members (excludes halogenated alkanes) is 5. The van der Waals surface area contributed by atoms with Crippen molar-refractivity contribution in [2.45, 2.75) is 94.7 Å². The first kappa shape index (κ1) is 39.9. The Morgan fingerprint density at radius 3 is 2.25 bits per heavy atom. The zero-order valence-electron chi connectivity index (χ0n) is 30.5. The minimum absolute atomic E-state index is 0.111. The third-order valence-electron chi connectivity index (χ3n) is 9.23. The van der Waals surface area contributed by atoms with E-state index in [9.17, 15) is 18.6 Å². The molecule has 0 aliphatic carbocycles.